The Morgan fingerprint density at radius 2 is 1.81 bits per heavy atom. The van der Waals surface area contributed by atoms with Gasteiger partial charge in [0.1, 0.15) is 18.0 Å². The Hall–Kier alpha value is -1.62. The molecule has 2 aromatic rings. The number of hydrogen-bond acceptors (Lipinski definition) is 5. The van der Waals surface area contributed by atoms with Gasteiger partial charge < -0.3 is 10.6 Å². The fraction of sp³-hybridized carbons (Fsp3) is 0.500. The van der Waals surface area contributed by atoms with Crippen molar-refractivity contribution in [1.29, 1.82) is 0 Å². The van der Waals surface area contributed by atoms with Crippen LogP contribution < -0.4 is 10.6 Å². The van der Waals surface area contributed by atoms with Gasteiger partial charge in [-0.2, -0.15) is 0 Å². The molecule has 2 aromatic heterocycles. The van der Waals surface area contributed by atoms with Gasteiger partial charge in [-0.1, -0.05) is 13.3 Å². The highest BCUT2D eigenvalue weighted by Crippen LogP contribution is 2.24. The first kappa shape index (κ1) is 15.8. The summed E-state index contributed by atoms with van der Waals surface area (Å²) in [5.74, 6) is 1.90. The van der Waals surface area contributed by atoms with Crippen molar-refractivity contribution in [3.8, 4) is 0 Å². The summed E-state index contributed by atoms with van der Waals surface area (Å²) in [5, 5.41) is 6.80. The molecule has 0 aliphatic heterocycles. The molecule has 2 heterocycles. The zero-order chi connectivity index (χ0) is 15.2. The fourth-order valence-electron chi connectivity index (χ4n) is 2.28. The Kier molecular flexibility index (Phi) is 5.56. The number of rotatable bonds is 7. The van der Waals surface area contributed by atoms with E-state index in [2.05, 4.69) is 54.4 Å². The lowest BCUT2D eigenvalue weighted by atomic mass is 10.1. The largest absolute Gasteiger partial charge is 0.370 e. The first-order valence-corrected chi connectivity index (χ1v) is 8.34. The fourth-order valence-corrected chi connectivity index (χ4v) is 3.27. The molecule has 2 N–H and O–H groups in total. The van der Waals surface area contributed by atoms with Gasteiger partial charge in [-0.05, 0) is 38.8 Å². The molecule has 114 valence electrons. The van der Waals surface area contributed by atoms with E-state index >= 15 is 0 Å². The standard InChI is InChI=1S/C16H24N4S/c1-5-7-14-15(17-6-2)19-10-20-16(14)18-9-13-8-11(3)12(4)21-13/h8,10H,5-7,9H2,1-4H3,(H2,17,18,19,20). The smallest absolute Gasteiger partial charge is 0.135 e. The predicted molar refractivity (Wildman–Crippen MR) is 91.3 cm³/mol. The second-order valence-corrected chi connectivity index (χ2v) is 6.48. The molecule has 0 aliphatic carbocycles. The van der Waals surface area contributed by atoms with E-state index in [4.69, 9.17) is 0 Å². The van der Waals surface area contributed by atoms with Crippen LogP contribution in [0.25, 0.3) is 0 Å². The molecule has 0 atom stereocenters. The molecule has 5 heteroatoms. The molecule has 2 rings (SSSR count). The van der Waals surface area contributed by atoms with E-state index in [0.717, 1.165) is 37.6 Å². The van der Waals surface area contributed by atoms with E-state index in [1.54, 1.807) is 6.33 Å². The number of nitrogens with one attached hydrogen (secondary N) is 2. The third-order valence-corrected chi connectivity index (χ3v) is 4.59. The first-order chi connectivity index (χ1) is 10.2. The van der Waals surface area contributed by atoms with Gasteiger partial charge in [0.2, 0.25) is 0 Å². The summed E-state index contributed by atoms with van der Waals surface area (Å²) in [7, 11) is 0. The summed E-state index contributed by atoms with van der Waals surface area (Å²) < 4.78 is 0. The number of hydrogen-bond donors (Lipinski definition) is 2. The van der Waals surface area contributed by atoms with Crippen LogP contribution in [0.1, 0.15) is 41.1 Å². The lowest BCUT2D eigenvalue weighted by molar-refractivity contribution is 0.896. The molecule has 0 radical (unpaired) electrons. The van der Waals surface area contributed by atoms with Gasteiger partial charge in [-0.15, -0.1) is 11.3 Å². The van der Waals surface area contributed by atoms with Gasteiger partial charge in [-0.25, -0.2) is 9.97 Å². The maximum Gasteiger partial charge on any atom is 0.135 e. The third-order valence-electron chi connectivity index (χ3n) is 3.44. The average molecular weight is 304 g/mol. The minimum atomic E-state index is 0.818. The van der Waals surface area contributed by atoms with Crippen LogP contribution in [-0.4, -0.2) is 16.5 Å². The molecular weight excluding hydrogens is 280 g/mol. The van der Waals surface area contributed by atoms with E-state index in [1.807, 2.05) is 11.3 Å². The van der Waals surface area contributed by atoms with Crippen molar-refractivity contribution in [2.24, 2.45) is 0 Å². The molecule has 0 amide bonds. The highest BCUT2D eigenvalue weighted by atomic mass is 32.1. The molecule has 21 heavy (non-hydrogen) atoms. The van der Waals surface area contributed by atoms with E-state index in [0.29, 0.717) is 0 Å². The van der Waals surface area contributed by atoms with Crippen molar-refractivity contribution in [2.45, 2.75) is 47.1 Å². The zero-order valence-electron chi connectivity index (χ0n) is 13.3. The highest BCUT2D eigenvalue weighted by molar-refractivity contribution is 7.12. The van der Waals surface area contributed by atoms with Crippen molar-refractivity contribution >= 4 is 23.0 Å². The minimum Gasteiger partial charge on any atom is -0.370 e. The van der Waals surface area contributed by atoms with Crippen LogP contribution in [0.2, 0.25) is 0 Å². The van der Waals surface area contributed by atoms with Gasteiger partial charge >= 0.3 is 0 Å². The normalized spacial score (nSPS) is 10.7. The second kappa shape index (κ2) is 7.41. The van der Waals surface area contributed by atoms with Crippen LogP contribution in [0.4, 0.5) is 11.6 Å². The predicted octanol–water partition coefficient (Wildman–Crippen LogP) is 4.15. The Bertz CT molecular complexity index is 572. The number of anilines is 2. The molecule has 0 aromatic carbocycles. The molecule has 0 aliphatic rings. The van der Waals surface area contributed by atoms with Gasteiger partial charge in [0.05, 0.1) is 6.54 Å². The SMILES string of the molecule is CCCc1c(NCC)ncnc1NCc1cc(C)c(C)s1. The van der Waals surface area contributed by atoms with Crippen LogP contribution in [0, 0.1) is 13.8 Å². The molecule has 0 fully saturated rings. The molecule has 0 bridgehead atoms. The number of nitrogens with zero attached hydrogens (tertiary/aromatic N) is 2. The molecule has 4 nitrogen and oxygen atoms in total. The first-order valence-electron chi connectivity index (χ1n) is 7.53. The third kappa shape index (κ3) is 3.94. The van der Waals surface area contributed by atoms with Crippen molar-refractivity contribution in [1.82, 2.24) is 9.97 Å². The summed E-state index contributed by atoms with van der Waals surface area (Å²) in [6, 6.07) is 2.25. The number of thiophene rings is 1. The monoisotopic (exact) mass is 304 g/mol. The lowest BCUT2D eigenvalue weighted by Crippen LogP contribution is -2.09. The Balaban J connectivity index is 2.16. The van der Waals surface area contributed by atoms with Gasteiger partial charge in [-0.3, -0.25) is 0 Å². The quantitative estimate of drug-likeness (QED) is 0.806. The summed E-state index contributed by atoms with van der Waals surface area (Å²) >= 11 is 1.85. The van der Waals surface area contributed by atoms with E-state index < -0.39 is 0 Å². The van der Waals surface area contributed by atoms with Gasteiger partial charge in [0.15, 0.2) is 0 Å². The van der Waals surface area contributed by atoms with Crippen molar-refractivity contribution in [3.63, 3.8) is 0 Å². The Morgan fingerprint density at radius 1 is 1.10 bits per heavy atom. The summed E-state index contributed by atoms with van der Waals surface area (Å²) in [6.45, 7) is 10.3. The van der Waals surface area contributed by atoms with Crippen molar-refractivity contribution in [2.75, 3.05) is 17.2 Å². The minimum absolute atomic E-state index is 0.818. The molecule has 0 spiro atoms. The molecular formula is C16H24N4S. The van der Waals surface area contributed by atoms with Crippen LogP contribution in [0.15, 0.2) is 12.4 Å². The van der Waals surface area contributed by atoms with E-state index in [9.17, 15) is 0 Å². The average Bonchev–Trinajstić information content (AvgIpc) is 2.78. The van der Waals surface area contributed by atoms with Crippen molar-refractivity contribution < 1.29 is 0 Å². The van der Waals surface area contributed by atoms with Crippen LogP contribution in [0.3, 0.4) is 0 Å². The highest BCUT2D eigenvalue weighted by Gasteiger charge is 2.10. The Morgan fingerprint density at radius 3 is 2.38 bits per heavy atom. The number of aromatic nitrogens is 2. The Labute approximate surface area is 131 Å². The molecule has 0 saturated carbocycles. The van der Waals surface area contributed by atoms with E-state index in [1.165, 1.54) is 20.9 Å². The van der Waals surface area contributed by atoms with Crippen LogP contribution in [-0.2, 0) is 13.0 Å². The topological polar surface area (TPSA) is 49.8 Å². The second-order valence-electron chi connectivity index (χ2n) is 5.14. The van der Waals surface area contributed by atoms with Gasteiger partial charge in [0, 0.05) is 21.9 Å². The maximum absolute atomic E-state index is 4.43. The van der Waals surface area contributed by atoms with Gasteiger partial charge in [0.25, 0.3) is 0 Å². The molecule has 0 saturated heterocycles. The number of aryl methyl sites for hydroxylation is 2. The lowest BCUT2D eigenvalue weighted by Gasteiger charge is -2.14. The summed E-state index contributed by atoms with van der Waals surface area (Å²) in [5.41, 5.74) is 2.55. The summed E-state index contributed by atoms with van der Waals surface area (Å²) in [4.78, 5) is 11.5. The van der Waals surface area contributed by atoms with Crippen LogP contribution >= 0.6 is 11.3 Å². The zero-order valence-corrected chi connectivity index (χ0v) is 14.1. The maximum atomic E-state index is 4.43. The molecule has 0 unspecified atom stereocenters. The van der Waals surface area contributed by atoms with Crippen LogP contribution in [0.5, 0.6) is 0 Å². The summed E-state index contributed by atoms with van der Waals surface area (Å²) in [6.07, 6.45) is 3.69. The van der Waals surface area contributed by atoms with Crippen molar-refractivity contribution in [3.05, 3.63) is 33.3 Å². The van der Waals surface area contributed by atoms with E-state index in [-0.39, 0.29) is 0 Å².